The van der Waals surface area contributed by atoms with Crippen molar-refractivity contribution < 1.29 is 0 Å². The molecule has 0 spiro atoms. The monoisotopic (exact) mass is 303 g/mol. The molecule has 20 heavy (non-hydrogen) atoms. The summed E-state index contributed by atoms with van der Waals surface area (Å²) < 4.78 is 0. The van der Waals surface area contributed by atoms with E-state index in [2.05, 4.69) is 48.6 Å². The molecule has 3 rings (SSSR count). The van der Waals surface area contributed by atoms with Gasteiger partial charge in [0.2, 0.25) is 0 Å². The number of thioether (sulfide) groups is 1. The molecule has 0 aliphatic carbocycles. The minimum Gasteiger partial charge on any atom is -0.302 e. The molecule has 0 saturated heterocycles. The van der Waals surface area contributed by atoms with Gasteiger partial charge in [0.05, 0.1) is 0 Å². The Hall–Kier alpha value is -0.960. The van der Waals surface area contributed by atoms with Crippen LogP contribution in [0.5, 0.6) is 0 Å². The van der Waals surface area contributed by atoms with Crippen molar-refractivity contribution >= 4 is 23.4 Å². The first kappa shape index (κ1) is 14.0. The molecule has 0 aromatic heterocycles. The maximum Gasteiger partial charge on any atom is 0.0431 e. The highest BCUT2D eigenvalue weighted by Gasteiger charge is 2.24. The van der Waals surface area contributed by atoms with E-state index in [0.717, 1.165) is 17.2 Å². The molecule has 0 radical (unpaired) electrons. The van der Waals surface area contributed by atoms with Crippen molar-refractivity contribution in [2.24, 2.45) is 0 Å². The van der Waals surface area contributed by atoms with Crippen molar-refractivity contribution in [1.82, 2.24) is 5.32 Å². The third kappa shape index (κ3) is 2.88. The number of hydrogen-bond donors (Lipinski definition) is 1. The average Bonchev–Trinajstić information content (AvgIpc) is 2.88. The second-order valence-corrected chi connectivity index (χ2v) is 6.58. The number of fused-ring (bicyclic) bond motifs is 1. The van der Waals surface area contributed by atoms with Crippen molar-refractivity contribution in [1.29, 1.82) is 0 Å². The lowest BCUT2D eigenvalue weighted by Gasteiger charge is -2.23. The minimum absolute atomic E-state index is 0.352. The highest BCUT2D eigenvalue weighted by molar-refractivity contribution is 7.99. The van der Waals surface area contributed by atoms with Gasteiger partial charge in [0.1, 0.15) is 0 Å². The average molecular weight is 304 g/mol. The van der Waals surface area contributed by atoms with E-state index in [-0.39, 0.29) is 0 Å². The standard InChI is InChI=1S/C17H18ClNS/c1-2-15(12-6-5-7-13(18)10-12)19-16-11-20-17-9-4-3-8-14(16)17/h3-10,15-16,19H,2,11H2,1H3. The molecule has 0 amide bonds. The first-order valence-corrected chi connectivity index (χ1v) is 8.37. The third-order valence-electron chi connectivity index (χ3n) is 3.76. The van der Waals surface area contributed by atoms with Crippen LogP contribution in [-0.4, -0.2) is 5.75 Å². The number of rotatable bonds is 4. The Bertz CT molecular complexity index is 599. The molecule has 1 heterocycles. The highest BCUT2D eigenvalue weighted by Crippen LogP contribution is 2.39. The van der Waals surface area contributed by atoms with Crippen LogP contribution < -0.4 is 5.32 Å². The Balaban J connectivity index is 1.80. The molecule has 3 heteroatoms. The van der Waals surface area contributed by atoms with Gasteiger partial charge >= 0.3 is 0 Å². The zero-order chi connectivity index (χ0) is 13.9. The summed E-state index contributed by atoms with van der Waals surface area (Å²) in [6, 6.07) is 17.6. The number of nitrogens with one attached hydrogen (secondary N) is 1. The summed E-state index contributed by atoms with van der Waals surface area (Å²) in [5.74, 6) is 1.11. The predicted molar refractivity (Wildman–Crippen MR) is 87.5 cm³/mol. The van der Waals surface area contributed by atoms with Gasteiger partial charge in [0.25, 0.3) is 0 Å². The van der Waals surface area contributed by atoms with Crippen LogP contribution in [0.25, 0.3) is 0 Å². The number of hydrogen-bond acceptors (Lipinski definition) is 2. The smallest absolute Gasteiger partial charge is 0.0431 e. The van der Waals surface area contributed by atoms with Crippen LogP contribution in [0.3, 0.4) is 0 Å². The lowest BCUT2D eigenvalue weighted by Crippen LogP contribution is -2.26. The predicted octanol–water partition coefficient (Wildman–Crippen LogP) is 5.23. The molecule has 1 aliphatic heterocycles. The van der Waals surface area contributed by atoms with Crippen molar-refractivity contribution in [3.8, 4) is 0 Å². The molecule has 0 fully saturated rings. The lowest BCUT2D eigenvalue weighted by molar-refractivity contribution is 0.461. The van der Waals surface area contributed by atoms with Gasteiger partial charge in [-0.15, -0.1) is 11.8 Å². The number of halogens is 1. The van der Waals surface area contributed by atoms with Gasteiger partial charge in [-0.1, -0.05) is 48.9 Å². The van der Waals surface area contributed by atoms with Crippen LogP contribution in [0.15, 0.2) is 53.4 Å². The summed E-state index contributed by atoms with van der Waals surface area (Å²) in [6.45, 7) is 2.21. The largest absolute Gasteiger partial charge is 0.302 e. The second kappa shape index (κ2) is 6.21. The van der Waals surface area contributed by atoms with Crippen molar-refractivity contribution in [3.05, 3.63) is 64.7 Å². The summed E-state index contributed by atoms with van der Waals surface area (Å²) in [5.41, 5.74) is 2.70. The molecule has 2 aromatic carbocycles. The van der Waals surface area contributed by atoms with Crippen LogP contribution in [0.2, 0.25) is 5.02 Å². The van der Waals surface area contributed by atoms with Crippen LogP contribution in [0, 0.1) is 0 Å². The van der Waals surface area contributed by atoms with Crippen molar-refractivity contribution in [3.63, 3.8) is 0 Å². The maximum atomic E-state index is 6.11. The zero-order valence-corrected chi connectivity index (χ0v) is 13.0. The fourth-order valence-electron chi connectivity index (χ4n) is 2.72. The third-order valence-corrected chi connectivity index (χ3v) is 5.18. The van der Waals surface area contributed by atoms with Gasteiger partial charge in [-0.05, 0) is 35.7 Å². The van der Waals surface area contributed by atoms with Crippen LogP contribution in [0.4, 0.5) is 0 Å². The number of benzene rings is 2. The van der Waals surface area contributed by atoms with Crippen LogP contribution in [0.1, 0.15) is 36.6 Å². The molecule has 0 bridgehead atoms. The SMILES string of the molecule is CCC(NC1CSc2ccccc21)c1cccc(Cl)c1. The van der Waals surface area contributed by atoms with Gasteiger partial charge in [0.15, 0.2) is 0 Å². The normalized spacial score (nSPS) is 18.8. The van der Waals surface area contributed by atoms with Gasteiger partial charge in [-0.3, -0.25) is 0 Å². The fourth-order valence-corrected chi connectivity index (χ4v) is 4.09. The quantitative estimate of drug-likeness (QED) is 0.830. The van der Waals surface area contributed by atoms with Gasteiger partial charge in [0, 0.05) is 27.8 Å². The van der Waals surface area contributed by atoms with E-state index in [0.29, 0.717) is 12.1 Å². The molecule has 104 valence electrons. The summed E-state index contributed by atoms with van der Waals surface area (Å²) in [4.78, 5) is 1.41. The van der Waals surface area contributed by atoms with E-state index in [1.165, 1.54) is 16.0 Å². The summed E-state index contributed by atoms with van der Waals surface area (Å²) >= 11 is 8.05. The summed E-state index contributed by atoms with van der Waals surface area (Å²) in [5, 5.41) is 4.60. The molecule has 2 unspecified atom stereocenters. The van der Waals surface area contributed by atoms with E-state index in [1.54, 1.807) is 0 Å². The van der Waals surface area contributed by atoms with Gasteiger partial charge in [-0.2, -0.15) is 0 Å². The van der Waals surface area contributed by atoms with E-state index in [9.17, 15) is 0 Å². The Morgan fingerprint density at radius 3 is 2.90 bits per heavy atom. The Morgan fingerprint density at radius 1 is 1.25 bits per heavy atom. The second-order valence-electron chi connectivity index (χ2n) is 5.08. The molecule has 0 saturated carbocycles. The molecule has 1 aliphatic rings. The Morgan fingerprint density at radius 2 is 2.10 bits per heavy atom. The van der Waals surface area contributed by atoms with Crippen molar-refractivity contribution in [2.45, 2.75) is 30.3 Å². The molecule has 1 nitrogen and oxygen atoms in total. The molecule has 2 atom stereocenters. The lowest BCUT2D eigenvalue weighted by atomic mass is 10.0. The highest BCUT2D eigenvalue weighted by atomic mass is 35.5. The maximum absolute atomic E-state index is 6.11. The minimum atomic E-state index is 0.352. The summed E-state index contributed by atoms with van der Waals surface area (Å²) in [6.07, 6.45) is 1.06. The topological polar surface area (TPSA) is 12.0 Å². The Kier molecular flexibility index (Phi) is 4.35. The van der Waals surface area contributed by atoms with E-state index >= 15 is 0 Å². The first-order chi connectivity index (χ1) is 9.78. The van der Waals surface area contributed by atoms with Crippen LogP contribution >= 0.6 is 23.4 Å². The van der Waals surface area contributed by atoms with Crippen LogP contribution in [-0.2, 0) is 0 Å². The molecule has 1 N–H and O–H groups in total. The van der Waals surface area contributed by atoms with Gasteiger partial charge < -0.3 is 5.32 Å². The fraction of sp³-hybridized carbons (Fsp3) is 0.294. The molecular weight excluding hydrogens is 286 g/mol. The van der Waals surface area contributed by atoms with Gasteiger partial charge in [-0.25, -0.2) is 0 Å². The molecular formula is C17H18ClNS. The van der Waals surface area contributed by atoms with E-state index < -0.39 is 0 Å². The molecule has 2 aromatic rings. The van der Waals surface area contributed by atoms with E-state index in [4.69, 9.17) is 11.6 Å². The van der Waals surface area contributed by atoms with E-state index in [1.807, 2.05) is 23.9 Å². The summed E-state index contributed by atoms with van der Waals surface area (Å²) in [7, 11) is 0. The Labute approximate surface area is 129 Å². The van der Waals surface area contributed by atoms with Crippen molar-refractivity contribution in [2.75, 3.05) is 5.75 Å². The first-order valence-electron chi connectivity index (χ1n) is 7.01. The zero-order valence-electron chi connectivity index (χ0n) is 11.5.